The van der Waals surface area contributed by atoms with E-state index in [4.69, 9.17) is 10.2 Å². The zero-order valence-corrected chi connectivity index (χ0v) is 17.0. The van der Waals surface area contributed by atoms with Gasteiger partial charge in [-0.1, -0.05) is 13.8 Å². The number of carbonyl (C=O) groups excluding carboxylic acids is 1. The van der Waals surface area contributed by atoms with Gasteiger partial charge in [0, 0.05) is 6.54 Å². The highest BCUT2D eigenvalue weighted by atomic mass is 35.5. The van der Waals surface area contributed by atoms with Gasteiger partial charge in [0.15, 0.2) is 10.8 Å². The van der Waals surface area contributed by atoms with Crippen molar-refractivity contribution in [3.8, 4) is 10.8 Å². The molecule has 0 radical (unpaired) electrons. The molecule has 8 heteroatoms. The first-order chi connectivity index (χ1) is 10.3. The second-order valence-corrected chi connectivity index (χ2v) is 7.07. The van der Waals surface area contributed by atoms with Gasteiger partial charge in [-0.15, -0.1) is 36.2 Å². The maximum absolute atomic E-state index is 12.6. The summed E-state index contributed by atoms with van der Waals surface area (Å²) in [6, 6.07) is 3.75. The van der Waals surface area contributed by atoms with E-state index in [1.54, 1.807) is 0 Å². The minimum absolute atomic E-state index is 0. The quantitative estimate of drug-likeness (QED) is 0.804. The number of rotatable bonds is 5. The number of aryl methyl sites for hydroxylation is 2. The van der Waals surface area contributed by atoms with Crippen molar-refractivity contribution in [2.45, 2.75) is 40.2 Å². The summed E-state index contributed by atoms with van der Waals surface area (Å²) in [7, 11) is 0. The molecule has 2 rings (SSSR count). The lowest BCUT2D eigenvalue weighted by molar-refractivity contribution is 0.0886. The molecule has 2 heterocycles. The number of furan rings is 1. The highest BCUT2D eigenvalue weighted by molar-refractivity contribution is 7.17. The molecule has 24 heavy (non-hydrogen) atoms. The van der Waals surface area contributed by atoms with Crippen LogP contribution in [0.1, 0.15) is 41.9 Å². The topological polar surface area (TPSA) is 81.2 Å². The first-order valence-electron chi connectivity index (χ1n) is 7.33. The number of carbonyl (C=O) groups is 1. The molecule has 2 aromatic rings. The summed E-state index contributed by atoms with van der Waals surface area (Å²) in [6.45, 7) is 10.2. The second-order valence-electron chi connectivity index (χ2n) is 6.07. The number of amides is 1. The average molecular weight is 394 g/mol. The van der Waals surface area contributed by atoms with Crippen molar-refractivity contribution in [2.24, 2.45) is 11.7 Å². The van der Waals surface area contributed by atoms with Crippen molar-refractivity contribution in [2.75, 3.05) is 6.54 Å². The number of thiazole rings is 1. The maximum Gasteiger partial charge on any atom is 0.263 e. The predicted molar refractivity (Wildman–Crippen MR) is 104 cm³/mol. The zero-order chi connectivity index (χ0) is 16.5. The number of nitrogens with two attached hydrogens (primary N) is 1. The Kier molecular flexibility index (Phi) is 8.45. The van der Waals surface area contributed by atoms with E-state index in [1.165, 1.54) is 11.3 Å². The maximum atomic E-state index is 12.6. The van der Waals surface area contributed by atoms with Crippen molar-refractivity contribution in [1.82, 2.24) is 10.3 Å². The van der Waals surface area contributed by atoms with Gasteiger partial charge in [-0.05, 0) is 38.8 Å². The van der Waals surface area contributed by atoms with E-state index in [0.29, 0.717) is 22.9 Å². The van der Waals surface area contributed by atoms with Crippen molar-refractivity contribution in [3.63, 3.8) is 0 Å². The molecule has 1 atom stereocenters. The Bertz CT molecular complexity index is 685. The van der Waals surface area contributed by atoms with Crippen molar-refractivity contribution in [3.05, 3.63) is 28.5 Å². The number of nitrogens with zero attached hydrogens (tertiary/aromatic N) is 1. The van der Waals surface area contributed by atoms with E-state index in [2.05, 4.69) is 10.3 Å². The van der Waals surface area contributed by atoms with Crippen molar-refractivity contribution in [1.29, 1.82) is 0 Å². The summed E-state index contributed by atoms with van der Waals surface area (Å²) in [5.41, 5.74) is 6.10. The smallest absolute Gasteiger partial charge is 0.263 e. The number of aromatic nitrogens is 1. The van der Waals surface area contributed by atoms with Crippen LogP contribution in [0.5, 0.6) is 0 Å². The Hall–Kier alpha value is -1.08. The van der Waals surface area contributed by atoms with Crippen LogP contribution in [0.2, 0.25) is 0 Å². The van der Waals surface area contributed by atoms with E-state index in [9.17, 15) is 4.79 Å². The molecule has 136 valence electrons. The Morgan fingerprint density at radius 3 is 2.46 bits per heavy atom. The molecule has 0 saturated heterocycles. The molecule has 3 N–H and O–H groups in total. The number of nitrogens with one attached hydrogen (secondary N) is 1. The van der Waals surface area contributed by atoms with Gasteiger partial charge in [-0.3, -0.25) is 4.79 Å². The van der Waals surface area contributed by atoms with Gasteiger partial charge in [0.25, 0.3) is 5.91 Å². The number of halogens is 2. The van der Waals surface area contributed by atoms with E-state index >= 15 is 0 Å². The fraction of sp³-hybridized carbons (Fsp3) is 0.500. The summed E-state index contributed by atoms with van der Waals surface area (Å²) in [5, 5.41) is 3.76. The SMILES string of the molecule is Cc1ccc(-c2nc(C)c(C(=O)NC(C)(CN)C(C)C)s2)o1.Cl.Cl. The fourth-order valence-corrected chi connectivity index (χ4v) is 2.93. The number of hydrogen-bond donors (Lipinski definition) is 2. The van der Waals surface area contributed by atoms with Crippen LogP contribution >= 0.6 is 36.2 Å². The molecule has 0 aliphatic heterocycles. The van der Waals surface area contributed by atoms with E-state index < -0.39 is 5.54 Å². The van der Waals surface area contributed by atoms with Gasteiger partial charge in [-0.2, -0.15) is 0 Å². The molecule has 0 aromatic carbocycles. The molecule has 5 nitrogen and oxygen atoms in total. The first kappa shape index (κ1) is 22.9. The molecule has 0 bridgehead atoms. The summed E-state index contributed by atoms with van der Waals surface area (Å²) >= 11 is 1.34. The van der Waals surface area contributed by atoms with Gasteiger partial charge < -0.3 is 15.5 Å². The van der Waals surface area contributed by atoms with Crippen LogP contribution in [0, 0.1) is 19.8 Å². The lowest BCUT2D eigenvalue weighted by Crippen LogP contribution is -2.54. The third-order valence-electron chi connectivity index (χ3n) is 4.05. The fourth-order valence-electron chi connectivity index (χ4n) is 2.01. The predicted octanol–water partition coefficient (Wildman–Crippen LogP) is 3.97. The third kappa shape index (κ3) is 4.72. The molecule has 0 spiro atoms. The summed E-state index contributed by atoms with van der Waals surface area (Å²) in [4.78, 5) is 17.6. The van der Waals surface area contributed by atoms with Crippen LogP contribution in [-0.2, 0) is 0 Å². The third-order valence-corrected chi connectivity index (χ3v) is 5.22. The van der Waals surface area contributed by atoms with Crippen LogP contribution < -0.4 is 11.1 Å². The Morgan fingerprint density at radius 2 is 2.00 bits per heavy atom. The monoisotopic (exact) mass is 393 g/mol. The summed E-state index contributed by atoms with van der Waals surface area (Å²) < 4.78 is 5.57. The highest BCUT2D eigenvalue weighted by Gasteiger charge is 2.30. The molecule has 1 unspecified atom stereocenters. The lowest BCUT2D eigenvalue weighted by atomic mass is 9.88. The lowest BCUT2D eigenvalue weighted by Gasteiger charge is -2.33. The van der Waals surface area contributed by atoms with Gasteiger partial charge in [0.2, 0.25) is 0 Å². The Balaban J connectivity index is 0.00000264. The van der Waals surface area contributed by atoms with E-state index in [1.807, 2.05) is 46.8 Å². The van der Waals surface area contributed by atoms with E-state index in [0.717, 1.165) is 10.8 Å². The van der Waals surface area contributed by atoms with Crippen LogP contribution in [0.3, 0.4) is 0 Å². The largest absolute Gasteiger partial charge is 0.459 e. The minimum atomic E-state index is -0.436. The molecule has 0 aliphatic carbocycles. The molecular formula is C16H25Cl2N3O2S. The van der Waals surface area contributed by atoms with Gasteiger partial charge in [0.05, 0.1) is 11.2 Å². The van der Waals surface area contributed by atoms with Gasteiger partial charge in [-0.25, -0.2) is 4.98 Å². The standard InChI is InChI=1S/C16H23N3O2S.2ClH/c1-9(2)16(5,8-17)19-14(20)13-11(4)18-15(22-13)12-7-6-10(3)21-12;;/h6-7,9H,8,17H2,1-5H3,(H,19,20);2*1H. The van der Waals surface area contributed by atoms with Crippen LogP contribution in [0.25, 0.3) is 10.8 Å². The first-order valence-corrected chi connectivity index (χ1v) is 8.15. The van der Waals surface area contributed by atoms with Crippen LogP contribution in [-0.4, -0.2) is 23.0 Å². The Labute approximate surface area is 159 Å². The average Bonchev–Trinajstić information content (AvgIpc) is 3.04. The molecule has 2 aromatic heterocycles. The molecule has 0 saturated carbocycles. The van der Waals surface area contributed by atoms with Crippen LogP contribution in [0.4, 0.5) is 0 Å². The summed E-state index contributed by atoms with van der Waals surface area (Å²) in [5.74, 6) is 1.62. The Morgan fingerprint density at radius 1 is 1.38 bits per heavy atom. The van der Waals surface area contributed by atoms with Crippen molar-refractivity contribution >= 4 is 42.1 Å². The van der Waals surface area contributed by atoms with Gasteiger partial charge >= 0.3 is 0 Å². The molecular weight excluding hydrogens is 369 g/mol. The molecule has 0 aliphatic rings. The van der Waals surface area contributed by atoms with Crippen molar-refractivity contribution < 1.29 is 9.21 Å². The van der Waals surface area contributed by atoms with Gasteiger partial charge in [0.1, 0.15) is 10.6 Å². The van der Waals surface area contributed by atoms with Crippen LogP contribution in [0.15, 0.2) is 16.5 Å². The minimum Gasteiger partial charge on any atom is -0.459 e. The highest BCUT2D eigenvalue weighted by Crippen LogP contribution is 2.29. The zero-order valence-electron chi connectivity index (χ0n) is 14.5. The normalized spacial score (nSPS) is 13.0. The molecule has 0 fully saturated rings. The summed E-state index contributed by atoms with van der Waals surface area (Å²) in [6.07, 6.45) is 0. The second kappa shape index (κ2) is 8.85. The number of hydrogen-bond acceptors (Lipinski definition) is 5. The van der Waals surface area contributed by atoms with E-state index in [-0.39, 0.29) is 36.6 Å². The molecule has 1 amide bonds.